The maximum absolute atomic E-state index is 5.98. The van der Waals surface area contributed by atoms with Gasteiger partial charge in [0.25, 0.3) is 0 Å². The Morgan fingerprint density at radius 1 is 1.07 bits per heavy atom. The summed E-state index contributed by atoms with van der Waals surface area (Å²) in [4.78, 5) is 3.81. The van der Waals surface area contributed by atoms with E-state index in [1.165, 1.54) is 36.5 Å². The van der Waals surface area contributed by atoms with Gasteiger partial charge in [-0.3, -0.25) is 0 Å². The van der Waals surface area contributed by atoms with Crippen LogP contribution in [0.3, 0.4) is 0 Å². The highest BCUT2D eigenvalue weighted by Gasteiger charge is 2.18. The lowest BCUT2D eigenvalue weighted by Gasteiger charge is -2.20. The number of thioether (sulfide) groups is 1. The number of para-hydroxylation sites is 1. The minimum atomic E-state index is 0.234. The number of fused-ring (bicyclic) bond motifs is 1. The summed E-state index contributed by atoms with van der Waals surface area (Å²) >= 11 is 1.83. The summed E-state index contributed by atoms with van der Waals surface area (Å²) in [6, 6.07) is 14.5. The second-order valence-corrected chi connectivity index (χ2v) is 8.67. The highest BCUT2D eigenvalue weighted by atomic mass is 32.2. The molecular formula is C25H34N2O2S. The van der Waals surface area contributed by atoms with Gasteiger partial charge in [0.1, 0.15) is 11.5 Å². The molecule has 1 aliphatic heterocycles. The lowest BCUT2D eigenvalue weighted by atomic mass is 10.1. The zero-order valence-electron chi connectivity index (χ0n) is 18.4. The Labute approximate surface area is 185 Å². The number of hydrogen-bond acceptors (Lipinski definition) is 5. The van der Waals surface area contributed by atoms with Crippen molar-refractivity contribution in [3.8, 4) is 11.5 Å². The molecule has 0 bridgehead atoms. The molecule has 1 unspecified atom stereocenters. The summed E-state index contributed by atoms with van der Waals surface area (Å²) in [5.41, 5.74) is 2.25. The molecule has 0 aromatic heterocycles. The van der Waals surface area contributed by atoms with Crippen LogP contribution in [-0.2, 0) is 0 Å². The van der Waals surface area contributed by atoms with Crippen molar-refractivity contribution in [2.45, 2.75) is 43.4 Å². The fourth-order valence-electron chi connectivity index (χ4n) is 3.65. The van der Waals surface area contributed by atoms with Gasteiger partial charge >= 0.3 is 0 Å². The monoisotopic (exact) mass is 426 g/mol. The molecule has 5 heteroatoms. The van der Waals surface area contributed by atoms with Crippen LogP contribution in [0.4, 0.5) is 5.69 Å². The maximum Gasteiger partial charge on any atom is 0.129 e. The highest BCUT2D eigenvalue weighted by molar-refractivity contribution is 8.00. The number of nitrogens with one attached hydrogen (secondary N) is 1. The highest BCUT2D eigenvalue weighted by Crippen LogP contribution is 2.39. The van der Waals surface area contributed by atoms with Crippen molar-refractivity contribution in [3.63, 3.8) is 0 Å². The van der Waals surface area contributed by atoms with Gasteiger partial charge in [-0.2, -0.15) is 0 Å². The van der Waals surface area contributed by atoms with Crippen LogP contribution in [-0.4, -0.2) is 43.6 Å². The molecule has 0 amide bonds. The van der Waals surface area contributed by atoms with Gasteiger partial charge in [0.05, 0.1) is 19.1 Å². The smallest absolute Gasteiger partial charge is 0.129 e. The molecule has 1 heterocycles. The number of ether oxygens (including phenoxy) is 2. The number of benzene rings is 2. The summed E-state index contributed by atoms with van der Waals surface area (Å²) in [7, 11) is 1.71. The molecule has 2 aromatic carbocycles. The minimum absolute atomic E-state index is 0.234. The first-order valence-corrected chi connectivity index (χ1v) is 11.8. The lowest BCUT2D eigenvalue weighted by Crippen LogP contribution is -2.27. The fraction of sp³-hybridized carbons (Fsp3) is 0.440. The molecule has 2 aromatic rings. The molecule has 0 aliphatic carbocycles. The van der Waals surface area contributed by atoms with Crippen LogP contribution in [0.5, 0.6) is 11.5 Å². The van der Waals surface area contributed by atoms with Crippen LogP contribution in [0.15, 0.2) is 53.4 Å². The first-order chi connectivity index (χ1) is 14.7. The zero-order chi connectivity index (χ0) is 21.2. The standard InChI is InChI=1S/C25H34N2O2S/c1-4-15-27(16-5-2)17-8-18-29-21-13-11-20(23(19-21)28-3)12-14-25-26-22-9-6-7-10-24(22)30-25/h6-7,9-14,19,25-26H,4-5,8,15-18H2,1-3H3/b14-12+. The van der Waals surface area contributed by atoms with Crippen LogP contribution >= 0.6 is 11.8 Å². The Morgan fingerprint density at radius 3 is 2.60 bits per heavy atom. The van der Waals surface area contributed by atoms with Gasteiger partial charge in [0, 0.05) is 28.8 Å². The third-order valence-corrected chi connectivity index (χ3v) is 6.20. The molecule has 162 valence electrons. The van der Waals surface area contributed by atoms with Gasteiger partial charge in [0.15, 0.2) is 0 Å². The Bertz CT molecular complexity index is 794. The van der Waals surface area contributed by atoms with Crippen molar-refractivity contribution in [2.75, 3.05) is 38.7 Å². The van der Waals surface area contributed by atoms with E-state index in [0.29, 0.717) is 0 Å². The maximum atomic E-state index is 5.98. The fourth-order valence-corrected chi connectivity index (χ4v) is 4.68. The molecule has 3 rings (SSSR count). The first kappa shape index (κ1) is 22.6. The largest absolute Gasteiger partial charge is 0.496 e. The zero-order valence-corrected chi connectivity index (χ0v) is 19.2. The van der Waals surface area contributed by atoms with Gasteiger partial charge in [-0.25, -0.2) is 0 Å². The number of anilines is 1. The number of nitrogens with zero attached hydrogens (tertiary/aromatic N) is 1. The Kier molecular flexibility index (Phi) is 8.97. The van der Waals surface area contributed by atoms with Gasteiger partial charge in [-0.05, 0) is 56.6 Å². The van der Waals surface area contributed by atoms with Crippen LogP contribution in [0.2, 0.25) is 0 Å². The predicted molar refractivity (Wildman–Crippen MR) is 129 cm³/mol. The second-order valence-electron chi connectivity index (χ2n) is 7.49. The van der Waals surface area contributed by atoms with E-state index in [1.54, 1.807) is 7.11 Å². The first-order valence-electron chi connectivity index (χ1n) is 11.0. The van der Waals surface area contributed by atoms with Crippen LogP contribution in [0.25, 0.3) is 6.08 Å². The van der Waals surface area contributed by atoms with E-state index in [1.807, 2.05) is 23.9 Å². The van der Waals surface area contributed by atoms with Gasteiger partial charge in [-0.15, -0.1) is 0 Å². The van der Waals surface area contributed by atoms with Crippen molar-refractivity contribution >= 4 is 23.5 Å². The lowest BCUT2D eigenvalue weighted by molar-refractivity contribution is 0.234. The predicted octanol–water partition coefficient (Wildman–Crippen LogP) is 6.14. The summed E-state index contributed by atoms with van der Waals surface area (Å²) in [5, 5.41) is 3.76. The van der Waals surface area contributed by atoms with Crippen molar-refractivity contribution in [3.05, 3.63) is 54.1 Å². The molecule has 0 spiro atoms. The minimum Gasteiger partial charge on any atom is -0.496 e. The normalized spacial score (nSPS) is 15.4. The molecule has 4 nitrogen and oxygen atoms in total. The Hall–Kier alpha value is -2.11. The Morgan fingerprint density at radius 2 is 1.87 bits per heavy atom. The molecule has 0 saturated carbocycles. The van der Waals surface area contributed by atoms with E-state index < -0.39 is 0 Å². The summed E-state index contributed by atoms with van der Waals surface area (Å²) < 4.78 is 11.6. The van der Waals surface area contributed by atoms with Gasteiger partial charge in [-0.1, -0.05) is 49.9 Å². The molecule has 1 atom stereocenters. The van der Waals surface area contributed by atoms with E-state index in [0.717, 1.165) is 36.6 Å². The van der Waals surface area contributed by atoms with Crippen molar-refractivity contribution < 1.29 is 9.47 Å². The van der Waals surface area contributed by atoms with Crippen molar-refractivity contribution in [1.29, 1.82) is 0 Å². The van der Waals surface area contributed by atoms with Crippen molar-refractivity contribution in [2.24, 2.45) is 0 Å². The van der Waals surface area contributed by atoms with Gasteiger partial charge < -0.3 is 19.7 Å². The van der Waals surface area contributed by atoms with Crippen LogP contribution in [0.1, 0.15) is 38.7 Å². The van der Waals surface area contributed by atoms with Crippen LogP contribution in [0, 0.1) is 0 Å². The molecule has 1 aliphatic rings. The Balaban J connectivity index is 1.51. The average molecular weight is 427 g/mol. The molecule has 30 heavy (non-hydrogen) atoms. The third-order valence-electron chi connectivity index (χ3n) is 5.06. The topological polar surface area (TPSA) is 33.7 Å². The summed E-state index contributed by atoms with van der Waals surface area (Å²) in [6.07, 6.45) is 7.74. The summed E-state index contributed by atoms with van der Waals surface area (Å²) in [5.74, 6) is 1.70. The average Bonchev–Trinajstić information content (AvgIpc) is 3.19. The number of methoxy groups -OCH3 is 1. The SMILES string of the molecule is CCCN(CCC)CCCOc1ccc(/C=C/C2Nc3ccccc3S2)c(OC)c1. The molecule has 1 N–H and O–H groups in total. The van der Waals surface area contributed by atoms with Crippen molar-refractivity contribution in [1.82, 2.24) is 4.90 Å². The molecule has 0 radical (unpaired) electrons. The van der Waals surface area contributed by atoms with Gasteiger partial charge in [0.2, 0.25) is 0 Å². The third kappa shape index (κ3) is 6.44. The van der Waals surface area contributed by atoms with E-state index in [2.05, 4.69) is 66.5 Å². The van der Waals surface area contributed by atoms with E-state index >= 15 is 0 Å². The summed E-state index contributed by atoms with van der Waals surface area (Å²) in [6.45, 7) is 8.63. The molecular weight excluding hydrogens is 392 g/mol. The second kappa shape index (κ2) is 11.9. The number of rotatable bonds is 12. The quantitative estimate of drug-likeness (QED) is 0.412. The van der Waals surface area contributed by atoms with E-state index in [4.69, 9.17) is 9.47 Å². The number of hydrogen-bond donors (Lipinski definition) is 1. The van der Waals surface area contributed by atoms with Crippen LogP contribution < -0.4 is 14.8 Å². The van der Waals surface area contributed by atoms with E-state index in [9.17, 15) is 0 Å². The van der Waals surface area contributed by atoms with E-state index in [-0.39, 0.29) is 5.37 Å². The molecule has 0 fully saturated rings. The molecule has 0 saturated heterocycles.